The van der Waals surface area contributed by atoms with Crippen LogP contribution < -0.4 is 0 Å². The summed E-state index contributed by atoms with van der Waals surface area (Å²) in [5, 5.41) is 19.8. The molecule has 1 rings (SSSR count). The lowest BCUT2D eigenvalue weighted by molar-refractivity contribution is -0.386. The third-order valence-electron chi connectivity index (χ3n) is 1.47. The topological polar surface area (TPSA) is 63.4 Å². The highest BCUT2D eigenvalue weighted by Crippen LogP contribution is 2.35. The average molecular weight is 199 g/mol. The van der Waals surface area contributed by atoms with Gasteiger partial charge < -0.3 is 5.11 Å². The number of para-hydroxylation sites is 1. The van der Waals surface area contributed by atoms with E-state index in [1.165, 1.54) is 17.8 Å². The number of phenolic OH excluding ortho intramolecular Hbond substituents is 1. The second kappa shape index (κ2) is 4.13. The fourth-order valence-electron chi connectivity index (χ4n) is 0.930. The minimum Gasteiger partial charge on any atom is -0.501 e. The molecule has 0 aliphatic heterocycles. The number of rotatable bonds is 3. The molecule has 1 N–H and O–H groups in total. The van der Waals surface area contributed by atoms with E-state index in [2.05, 4.69) is 0 Å². The highest BCUT2D eigenvalue weighted by atomic mass is 32.2. The van der Waals surface area contributed by atoms with Gasteiger partial charge in [-0.1, -0.05) is 13.0 Å². The summed E-state index contributed by atoms with van der Waals surface area (Å²) in [6.45, 7) is 1.92. The predicted molar refractivity (Wildman–Crippen MR) is 51.2 cm³/mol. The van der Waals surface area contributed by atoms with Gasteiger partial charge >= 0.3 is 5.69 Å². The van der Waals surface area contributed by atoms with Crippen molar-refractivity contribution >= 4 is 17.4 Å². The molecule has 0 spiro atoms. The Hall–Kier alpha value is -1.23. The van der Waals surface area contributed by atoms with Crippen LogP contribution in [0.5, 0.6) is 5.75 Å². The number of thioether (sulfide) groups is 1. The van der Waals surface area contributed by atoms with Gasteiger partial charge in [-0.25, -0.2) is 0 Å². The molecule has 0 unspecified atom stereocenters. The first-order valence-corrected chi connectivity index (χ1v) is 4.74. The molecule has 0 aromatic heterocycles. The van der Waals surface area contributed by atoms with E-state index in [0.717, 1.165) is 5.75 Å². The Morgan fingerprint density at radius 2 is 2.31 bits per heavy atom. The number of nitrogens with zero attached hydrogens (tertiary/aromatic N) is 1. The molecule has 5 heteroatoms. The van der Waals surface area contributed by atoms with Crippen molar-refractivity contribution in [3.05, 3.63) is 28.3 Å². The van der Waals surface area contributed by atoms with E-state index in [1.54, 1.807) is 12.1 Å². The quantitative estimate of drug-likeness (QED) is 0.461. The van der Waals surface area contributed by atoms with Crippen LogP contribution in [0.25, 0.3) is 0 Å². The molecule has 1 aromatic rings. The van der Waals surface area contributed by atoms with E-state index in [4.69, 9.17) is 0 Å². The van der Waals surface area contributed by atoms with Crippen LogP contribution in [0.3, 0.4) is 0 Å². The summed E-state index contributed by atoms with van der Waals surface area (Å²) in [6.07, 6.45) is 0. The van der Waals surface area contributed by atoms with Gasteiger partial charge in [0.1, 0.15) is 0 Å². The maximum absolute atomic E-state index is 10.4. The van der Waals surface area contributed by atoms with E-state index in [0.29, 0.717) is 4.90 Å². The molecular formula is C8H9NO3S. The molecule has 0 bridgehead atoms. The molecule has 0 saturated carbocycles. The lowest BCUT2D eigenvalue weighted by atomic mass is 10.3. The standard InChI is InChI=1S/C8H9NO3S/c1-2-13-7-5-3-4-6(8(7)10)9(11)12/h3-5,10H,2H2,1H3. The van der Waals surface area contributed by atoms with Crippen LogP contribution in [-0.2, 0) is 0 Å². The van der Waals surface area contributed by atoms with Gasteiger partial charge in [-0.2, -0.15) is 0 Å². The molecule has 4 nitrogen and oxygen atoms in total. The number of phenols is 1. The van der Waals surface area contributed by atoms with Crippen LogP contribution in [0.2, 0.25) is 0 Å². The molecule has 0 amide bonds. The maximum atomic E-state index is 10.4. The molecule has 13 heavy (non-hydrogen) atoms. The number of aromatic hydroxyl groups is 1. The Labute approximate surface area is 79.7 Å². The largest absolute Gasteiger partial charge is 0.501 e. The summed E-state index contributed by atoms with van der Waals surface area (Å²) in [4.78, 5) is 10.4. The zero-order chi connectivity index (χ0) is 9.84. The molecule has 0 radical (unpaired) electrons. The second-order valence-electron chi connectivity index (χ2n) is 2.31. The predicted octanol–water partition coefficient (Wildman–Crippen LogP) is 2.41. The smallest absolute Gasteiger partial charge is 0.311 e. The fraction of sp³-hybridized carbons (Fsp3) is 0.250. The normalized spacial score (nSPS) is 9.92. The lowest BCUT2D eigenvalue weighted by Crippen LogP contribution is -1.89. The monoisotopic (exact) mass is 199 g/mol. The summed E-state index contributed by atoms with van der Waals surface area (Å²) in [5.41, 5.74) is -0.238. The number of hydrogen-bond donors (Lipinski definition) is 1. The van der Waals surface area contributed by atoms with Crippen molar-refractivity contribution in [3.8, 4) is 5.75 Å². The van der Waals surface area contributed by atoms with Gasteiger partial charge in [0.2, 0.25) is 5.75 Å². The number of benzene rings is 1. The van der Waals surface area contributed by atoms with Crippen molar-refractivity contribution in [1.29, 1.82) is 0 Å². The Kier molecular flexibility index (Phi) is 3.13. The Bertz CT molecular complexity index is 327. The highest BCUT2D eigenvalue weighted by Gasteiger charge is 2.15. The van der Waals surface area contributed by atoms with E-state index in [1.807, 2.05) is 6.92 Å². The molecule has 0 atom stereocenters. The van der Waals surface area contributed by atoms with Crippen molar-refractivity contribution in [2.45, 2.75) is 11.8 Å². The van der Waals surface area contributed by atoms with Crippen molar-refractivity contribution in [1.82, 2.24) is 0 Å². The van der Waals surface area contributed by atoms with Gasteiger partial charge in [-0.3, -0.25) is 10.1 Å². The zero-order valence-corrected chi connectivity index (χ0v) is 7.87. The van der Waals surface area contributed by atoms with Crippen LogP contribution in [-0.4, -0.2) is 15.8 Å². The third kappa shape index (κ3) is 2.12. The van der Waals surface area contributed by atoms with Crippen LogP contribution in [0.15, 0.2) is 23.1 Å². The van der Waals surface area contributed by atoms with Crippen molar-refractivity contribution in [3.63, 3.8) is 0 Å². The SMILES string of the molecule is CCSc1cccc([N+](=O)[O-])c1O. The van der Waals surface area contributed by atoms with E-state index in [9.17, 15) is 15.2 Å². The van der Waals surface area contributed by atoms with Crippen LogP contribution >= 0.6 is 11.8 Å². The minimum atomic E-state index is -0.588. The third-order valence-corrected chi connectivity index (χ3v) is 2.40. The van der Waals surface area contributed by atoms with Gasteiger partial charge in [0.25, 0.3) is 0 Å². The first kappa shape index (κ1) is 9.85. The Morgan fingerprint density at radius 3 is 2.85 bits per heavy atom. The van der Waals surface area contributed by atoms with Gasteiger partial charge in [-0.05, 0) is 11.8 Å². The van der Waals surface area contributed by atoms with Crippen LogP contribution in [0.4, 0.5) is 5.69 Å². The summed E-state index contributed by atoms with van der Waals surface area (Å²) < 4.78 is 0. The summed E-state index contributed by atoms with van der Waals surface area (Å²) in [6, 6.07) is 4.52. The van der Waals surface area contributed by atoms with Gasteiger partial charge in [-0.15, -0.1) is 11.8 Å². The highest BCUT2D eigenvalue weighted by molar-refractivity contribution is 7.99. The van der Waals surface area contributed by atoms with Gasteiger partial charge in [0, 0.05) is 6.07 Å². The van der Waals surface area contributed by atoms with Crippen molar-refractivity contribution in [2.24, 2.45) is 0 Å². The molecule has 0 saturated heterocycles. The Balaban J connectivity index is 3.10. The summed E-state index contributed by atoms with van der Waals surface area (Å²) in [5.74, 6) is 0.536. The lowest BCUT2D eigenvalue weighted by Gasteiger charge is -2.01. The molecule has 0 fully saturated rings. The zero-order valence-electron chi connectivity index (χ0n) is 7.06. The molecule has 70 valence electrons. The van der Waals surface area contributed by atoms with E-state index >= 15 is 0 Å². The van der Waals surface area contributed by atoms with Crippen LogP contribution in [0, 0.1) is 10.1 Å². The summed E-state index contributed by atoms with van der Waals surface area (Å²) >= 11 is 1.38. The van der Waals surface area contributed by atoms with Crippen molar-refractivity contribution < 1.29 is 10.0 Å². The molecule has 0 aliphatic rings. The molecule has 1 aromatic carbocycles. The number of hydrogen-bond acceptors (Lipinski definition) is 4. The molecule has 0 aliphatic carbocycles. The Morgan fingerprint density at radius 1 is 1.62 bits per heavy atom. The minimum absolute atomic E-state index is 0.237. The number of nitro benzene ring substituents is 1. The first-order chi connectivity index (χ1) is 6.16. The maximum Gasteiger partial charge on any atom is 0.311 e. The molecule has 0 heterocycles. The second-order valence-corrected chi connectivity index (χ2v) is 3.62. The first-order valence-electron chi connectivity index (χ1n) is 3.76. The van der Waals surface area contributed by atoms with Crippen LogP contribution in [0.1, 0.15) is 6.92 Å². The van der Waals surface area contributed by atoms with Gasteiger partial charge in [0.15, 0.2) is 0 Å². The average Bonchev–Trinajstić information content (AvgIpc) is 2.08. The summed E-state index contributed by atoms with van der Waals surface area (Å²) in [7, 11) is 0. The van der Waals surface area contributed by atoms with E-state index in [-0.39, 0.29) is 11.4 Å². The van der Waals surface area contributed by atoms with Crippen molar-refractivity contribution in [2.75, 3.05) is 5.75 Å². The molecular weight excluding hydrogens is 190 g/mol. The fourth-order valence-corrected chi connectivity index (χ4v) is 1.66. The number of nitro groups is 1. The van der Waals surface area contributed by atoms with E-state index < -0.39 is 4.92 Å². The van der Waals surface area contributed by atoms with Gasteiger partial charge in [0.05, 0.1) is 9.82 Å².